The number of hydrogen-bond acceptors (Lipinski definition) is 37. The quantitative estimate of drug-likeness (QED) is 0.0108. The van der Waals surface area contributed by atoms with E-state index in [-0.39, 0.29) is 34.9 Å². The molecule has 0 radical (unpaired) electrons. The number of nitrogens with one attached hydrogen (secondary N) is 11. The summed E-state index contributed by atoms with van der Waals surface area (Å²) in [5.41, 5.74) is 16.1. The summed E-state index contributed by atoms with van der Waals surface area (Å²) in [5, 5.41) is 227. The number of H-pyrrole nitrogens is 1. The fraction of sp³-hybridized carbons (Fsp3) is 0.581. The lowest BCUT2D eigenvalue weighted by Crippen LogP contribution is -2.66. The molecule has 21 atom stereocenters. The third kappa shape index (κ3) is 30.8. The number of aliphatic carboxylic acids is 4. The van der Waals surface area contributed by atoms with Crippen molar-refractivity contribution in [2.45, 2.75) is 186 Å². The summed E-state index contributed by atoms with van der Waals surface area (Å²) in [5.74, 6) is -23.6. The summed E-state index contributed by atoms with van der Waals surface area (Å²) in [6.45, 7) is -6.06. The van der Waals surface area contributed by atoms with Crippen molar-refractivity contribution < 1.29 is 164 Å². The number of benzene rings is 1. The number of anilines is 2. The number of aliphatic hydroxyl groups is 16. The number of carboxylic acid groups (broad SMARTS) is 4. The Labute approximate surface area is 652 Å². The standard InChI is InChI=1S/C62H94N18O34S/c63-61(64)66-13-1-2-24(51(103)76-38(47(100)43(96)31(87)18-83)56(108)72-26(9-12-35(92)93)53(105)78-39(48(101)44(97)32(88)19-84)57(109)74-28(20-115)60(113)114)70-55(107)37(46(99)42(95)30(86)17-82)77-52(104)25(8-11-34(90)91)71-54(106)36(45(98)41(94)29(85)16-81)75-33(89)10-7-27(59(111)112)73-50(102)21-3-5-22(6-4-21)67-14-23-15-68-49-40(69-23)58(110)80-62(65)79-49/h3-6,15,24-32,36-39,41-48,67,81-88,94-101,115H,1-2,7-14,16-20H2,(H,70,107)(H,71,106)(H,72,108)(H,73,102)(H,74,109)(H,75,89)(H,76,103)(H,77,104)(H,78,105)(H,90,91)(H,92,93)(H,111,112)(H,113,114)(H4,63,64,66)(H3,65,68,79,80,110)/t24-,25-,26-,27-,28-,29+,30+,31+,32+,36-,37-,38-,39-,41+,42+,43+,44+,45+,46+,47+,48+/m0/s1. The number of carboxylic acids is 4. The monoisotopic (exact) mass is 1670 g/mol. The zero-order chi connectivity index (χ0) is 87.0. The van der Waals surface area contributed by atoms with Gasteiger partial charge in [0.15, 0.2) is 17.1 Å². The Bertz CT molecular complexity index is 3910. The molecule has 52 nitrogen and oxygen atoms in total. The van der Waals surface area contributed by atoms with Crippen LogP contribution in [0.2, 0.25) is 0 Å². The molecule has 1 aromatic carbocycles. The molecule has 0 bridgehead atoms. The van der Waals surface area contributed by atoms with Gasteiger partial charge in [-0.15, -0.1) is 0 Å². The van der Waals surface area contributed by atoms with Crippen LogP contribution in [0.15, 0.2) is 40.2 Å². The molecule has 3 aromatic rings. The van der Waals surface area contributed by atoms with Crippen LogP contribution in [0.5, 0.6) is 0 Å². The zero-order valence-corrected chi connectivity index (χ0v) is 61.1. The molecule has 53 heteroatoms. The summed E-state index contributed by atoms with van der Waals surface area (Å²) in [6, 6.07) is -16.8. The molecule has 37 N–H and O–H groups in total. The first-order chi connectivity index (χ1) is 54.0. The number of nitrogens with zero attached hydrogens (tertiary/aromatic N) is 4. The van der Waals surface area contributed by atoms with Crippen molar-refractivity contribution >= 4 is 118 Å². The molecular weight excluding hydrogens is 1570 g/mol. The van der Waals surface area contributed by atoms with Crippen LogP contribution >= 0.6 is 12.6 Å². The number of aromatic nitrogens is 4. The van der Waals surface area contributed by atoms with Gasteiger partial charge in [-0.1, -0.05) is 0 Å². The molecule has 0 unspecified atom stereocenters. The average molecular weight is 1670 g/mol. The maximum absolute atomic E-state index is 14.7. The number of thiol groups is 1. The normalized spacial score (nSPS) is 16.9. The molecule has 3 rings (SSSR count). The van der Waals surface area contributed by atoms with Gasteiger partial charge in [0.05, 0.1) is 44.9 Å². The number of fused-ring (bicyclic) bond motifs is 1. The van der Waals surface area contributed by atoms with Crippen LogP contribution in [0.3, 0.4) is 0 Å². The molecule has 0 saturated heterocycles. The lowest BCUT2D eigenvalue weighted by atomic mass is 9.97. The Morgan fingerprint density at radius 3 is 1.20 bits per heavy atom. The Morgan fingerprint density at radius 2 is 0.835 bits per heavy atom. The van der Waals surface area contributed by atoms with Crippen LogP contribution in [0, 0.1) is 0 Å². The van der Waals surface area contributed by atoms with Crippen LogP contribution in [0.1, 0.15) is 67.4 Å². The number of hydrogen-bond donors (Lipinski definition) is 35. The van der Waals surface area contributed by atoms with E-state index in [1.54, 1.807) is 10.6 Å². The topological polar surface area (TPSA) is 909 Å². The van der Waals surface area contributed by atoms with Gasteiger partial charge in [0.25, 0.3) is 11.5 Å². The van der Waals surface area contributed by atoms with Crippen molar-refractivity contribution in [1.29, 1.82) is 0 Å². The molecule has 2 aromatic heterocycles. The van der Waals surface area contributed by atoms with Crippen LogP contribution in [0.25, 0.3) is 11.2 Å². The van der Waals surface area contributed by atoms with E-state index < -0.39 is 306 Å². The van der Waals surface area contributed by atoms with Crippen LogP contribution in [0.4, 0.5) is 11.6 Å². The number of rotatable bonds is 52. The van der Waals surface area contributed by atoms with E-state index in [4.69, 9.17) is 17.2 Å². The predicted octanol–water partition coefficient (Wildman–Crippen LogP) is -17.2. The number of amides is 9. The highest BCUT2D eigenvalue weighted by atomic mass is 32.1. The summed E-state index contributed by atoms with van der Waals surface area (Å²) >= 11 is 3.78. The third-order valence-corrected chi connectivity index (χ3v) is 17.1. The molecule has 2 heterocycles. The fourth-order valence-corrected chi connectivity index (χ4v) is 10.4. The van der Waals surface area contributed by atoms with Crippen molar-refractivity contribution in [1.82, 2.24) is 67.8 Å². The number of aromatic amines is 1. The number of carbonyl (C=O) groups excluding carboxylic acids is 9. The first kappa shape index (κ1) is 98.3. The Balaban J connectivity index is 2.08. The van der Waals surface area contributed by atoms with Gasteiger partial charge in [-0.2, -0.15) is 17.6 Å². The largest absolute Gasteiger partial charge is 0.481 e. The lowest BCUT2D eigenvalue weighted by molar-refractivity contribution is -0.146. The van der Waals surface area contributed by atoms with Gasteiger partial charge < -0.3 is 172 Å². The van der Waals surface area contributed by atoms with Crippen LogP contribution < -0.4 is 75.9 Å². The van der Waals surface area contributed by atoms with Crippen LogP contribution in [-0.2, 0) is 64.1 Å². The molecule has 642 valence electrons. The second kappa shape index (κ2) is 47.7. The van der Waals surface area contributed by atoms with E-state index in [0.717, 1.165) is 0 Å². The van der Waals surface area contributed by atoms with Gasteiger partial charge in [-0.25, -0.2) is 19.6 Å². The Morgan fingerprint density at radius 1 is 0.461 bits per heavy atom. The third-order valence-electron chi connectivity index (χ3n) is 16.7. The molecule has 0 fully saturated rings. The zero-order valence-electron chi connectivity index (χ0n) is 60.2. The number of aliphatic hydroxyl groups excluding tert-OH is 16. The summed E-state index contributed by atoms with van der Waals surface area (Å²) in [6.07, 6.45) is -38.0. The first-order valence-corrected chi connectivity index (χ1v) is 34.8. The molecule has 9 amide bonds. The Hall–Kier alpha value is -10.9. The second-order valence-corrected chi connectivity index (χ2v) is 25.7. The van der Waals surface area contributed by atoms with Gasteiger partial charge in [0, 0.05) is 42.8 Å². The van der Waals surface area contributed by atoms with Gasteiger partial charge in [-0.05, 0) is 56.4 Å². The van der Waals surface area contributed by atoms with Crippen molar-refractivity contribution in [2.24, 2.45) is 16.5 Å². The maximum atomic E-state index is 14.7. The highest BCUT2D eigenvalue weighted by Crippen LogP contribution is 2.18. The predicted molar refractivity (Wildman–Crippen MR) is 385 cm³/mol. The van der Waals surface area contributed by atoms with Gasteiger partial charge >= 0.3 is 23.9 Å². The molecule has 0 aliphatic carbocycles. The molecular formula is C62H94N18O34S. The fourth-order valence-electron chi connectivity index (χ4n) is 10.2. The number of carbonyl (C=O) groups is 13. The van der Waals surface area contributed by atoms with Gasteiger partial charge in [0.1, 0.15) is 128 Å². The van der Waals surface area contributed by atoms with Crippen molar-refractivity contribution in [3.05, 3.63) is 52.1 Å². The van der Waals surface area contributed by atoms with Gasteiger partial charge in [-0.3, -0.25) is 67.5 Å². The van der Waals surface area contributed by atoms with Crippen molar-refractivity contribution in [2.75, 3.05) is 49.8 Å². The molecule has 0 aliphatic rings. The van der Waals surface area contributed by atoms with Crippen molar-refractivity contribution in [3.63, 3.8) is 0 Å². The minimum Gasteiger partial charge on any atom is -0.481 e. The van der Waals surface area contributed by atoms with E-state index in [2.05, 4.69) is 48.2 Å². The minimum atomic E-state index is -2.95. The van der Waals surface area contributed by atoms with E-state index in [1.807, 2.05) is 31.9 Å². The summed E-state index contributed by atoms with van der Waals surface area (Å²) in [7, 11) is 0. The number of aliphatic imine (C=N–C) groups is 1. The van der Waals surface area contributed by atoms with Crippen molar-refractivity contribution in [3.8, 4) is 0 Å². The lowest BCUT2D eigenvalue weighted by Gasteiger charge is -2.33. The summed E-state index contributed by atoms with van der Waals surface area (Å²) in [4.78, 5) is 206. The summed E-state index contributed by atoms with van der Waals surface area (Å²) < 4.78 is 0. The number of guanidine groups is 1. The first-order valence-electron chi connectivity index (χ1n) is 34.2. The smallest absolute Gasteiger partial charge is 0.327 e. The van der Waals surface area contributed by atoms with E-state index in [1.165, 1.54) is 30.5 Å². The average Bonchev–Trinajstić information content (AvgIpc) is 0.818. The minimum absolute atomic E-state index is 0.00873. The molecule has 115 heavy (non-hydrogen) atoms. The number of nitrogen functional groups attached to an aromatic ring is 1. The molecule has 0 saturated carbocycles. The van der Waals surface area contributed by atoms with E-state index in [0.29, 0.717) is 5.69 Å². The molecule has 0 aliphatic heterocycles. The second-order valence-electron chi connectivity index (χ2n) is 25.3. The Kier molecular flexibility index (Phi) is 40.8. The number of nitrogens with two attached hydrogens (primary N) is 3. The SMILES string of the molecule is NC(N)=NCCC[C@H](NC(=O)[C@@H](NC(=O)[C@H](CCC(=O)O)NC(=O)[C@@H](NC(=O)CC[C@H](NC(=O)c1ccc(NCc2cnc3nc(N)[nH]c(=O)c3n2)cc1)C(=O)O)[C@@H](O)[C@H](O)[C@H](O)CO)[C@@H](O)[C@H](O)[C@H](O)CO)C(=O)N[C@H](C(=O)N[C@@H](CCC(=O)O)C(=O)N[C@H](C(=O)N[C@@H](CS)C(=O)O)[C@@H](O)[C@H](O)[C@H](O)CO)[C@@H](O)[C@H](O)[C@H](O)CO. The maximum Gasteiger partial charge on any atom is 0.327 e. The highest BCUT2D eigenvalue weighted by Gasteiger charge is 2.45. The highest BCUT2D eigenvalue weighted by molar-refractivity contribution is 7.80. The van der Waals surface area contributed by atoms with Crippen LogP contribution in [-0.4, -0.2) is 371 Å². The van der Waals surface area contributed by atoms with Gasteiger partial charge in [0.2, 0.25) is 53.2 Å². The molecule has 0 spiro atoms. The van der Waals surface area contributed by atoms with E-state index >= 15 is 0 Å². The van der Waals surface area contributed by atoms with E-state index in [9.17, 15) is 169 Å².